The summed E-state index contributed by atoms with van der Waals surface area (Å²) in [7, 11) is -3.16. The van der Waals surface area contributed by atoms with Crippen LogP contribution in [0.2, 0.25) is 0 Å². The molecule has 2 aromatic heterocycles. The minimum atomic E-state index is -3.16. The van der Waals surface area contributed by atoms with E-state index in [0.29, 0.717) is 0 Å². The molecule has 0 radical (unpaired) electrons. The van der Waals surface area contributed by atoms with Crippen LogP contribution in [0.15, 0.2) is 272 Å². The summed E-state index contributed by atoms with van der Waals surface area (Å²) < 4.78 is 4.67. The van der Waals surface area contributed by atoms with Crippen molar-refractivity contribution < 1.29 is 0 Å². The van der Waals surface area contributed by atoms with Crippen molar-refractivity contribution in [2.75, 3.05) is 0 Å². The number of aromatic nitrogens is 3. The molecule has 3 aliphatic rings. The first kappa shape index (κ1) is 44.6. The highest BCUT2D eigenvalue weighted by atomic mass is 28.3. The van der Waals surface area contributed by atoms with Gasteiger partial charge in [0, 0.05) is 17.8 Å². The van der Waals surface area contributed by atoms with Gasteiger partial charge in [0.15, 0.2) is 8.07 Å². The van der Waals surface area contributed by atoms with Crippen molar-refractivity contribution in [3.8, 4) is 72.4 Å². The molecule has 2 unspecified atom stereocenters. The Morgan fingerprint density at radius 1 is 0.372 bits per heavy atom. The normalized spacial score (nSPS) is 14.9. The number of hydrogen-bond acceptors (Lipinski definition) is 2. The standard InChI is InChI=1S/C73H50N4Si/c1-47-20-18-36-70-71(47)75-73-76(68-34-16-17-35-69(68)77(70)73)48-37-40-60-54-26-9-12-30-58(54)66-45-51(38-41-61(66)53-25-8-11-29-57(53)65(60)44-48)78(49-21-4-2-5-22-49,50-23-6-3-7-24-50)52-39-42-62-56-28-14-15-32-63(56)72-64(33-19-43-74-72)55-27-10-13-31-59(55)67(62)46-52/h2-46,64,72H,1H3. The molecule has 0 N–H and O–H groups in total. The average Bonchev–Trinajstić information content (AvgIpc) is 4.08. The van der Waals surface area contributed by atoms with Gasteiger partial charge in [-0.3, -0.25) is 14.0 Å². The number of para-hydroxylation sites is 3. The molecule has 0 bridgehead atoms. The van der Waals surface area contributed by atoms with Crippen LogP contribution in [0.3, 0.4) is 0 Å². The lowest BCUT2D eigenvalue weighted by molar-refractivity contribution is 0.647. The quantitative estimate of drug-likeness (QED) is 0.125. The highest BCUT2D eigenvalue weighted by Gasteiger charge is 2.43. The maximum atomic E-state index is 5.36. The van der Waals surface area contributed by atoms with Crippen molar-refractivity contribution in [2.45, 2.75) is 18.9 Å². The van der Waals surface area contributed by atoms with Crippen LogP contribution in [-0.2, 0) is 0 Å². The highest BCUT2D eigenvalue weighted by Crippen LogP contribution is 2.51. The van der Waals surface area contributed by atoms with E-state index in [9.17, 15) is 0 Å². The van der Waals surface area contributed by atoms with Crippen LogP contribution < -0.4 is 20.7 Å². The molecule has 5 heteroatoms. The predicted octanol–water partition coefficient (Wildman–Crippen LogP) is 15.2. The van der Waals surface area contributed by atoms with E-state index in [-0.39, 0.29) is 12.0 Å². The van der Waals surface area contributed by atoms with Crippen LogP contribution in [-0.4, -0.2) is 28.2 Å². The number of dihydropyridines is 1. The second-order valence-electron chi connectivity index (χ2n) is 21.2. The Morgan fingerprint density at radius 3 is 1.50 bits per heavy atom. The third kappa shape index (κ3) is 6.46. The fourth-order valence-corrected chi connectivity index (χ4v) is 18.6. The van der Waals surface area contributed by atoms with Gasteiger partial charge in [0.1, 0.15) is 0 Å². The molecule has 0 saturated carbocycles. The summed E-state index contributed by atoms with van der Waals surface area (Å²) in [6.07, 6.45) is 6.46. The lowest BCUT2D eigenvalue weighted by Gasteiger charge is -2.37. The predicted molar refractivity (Wildman–Crippen MR) is 327 cm³/mol. The van der Waals surface area contributed by atoms with Gasteiger partial charge in [-0.1, -0.05) is 231 Å². The van der Waals surface area contributed by atoms with E-state index in [4.69, 9.17) is 9.98 Å². The number of benzene rings is 11. The molecule has 11 aromatic carbocycles. The SMILES string of the molecule is Cc1cccc2c1nc1n(-c3ccc4c(c3)-c3ccccc3-c3ccc([Si](c5ccccc5)(c5ccccc5)c5ccc6c(c5)-c5ccccc5C5C=CC=NC5c5ccccc5-6)cc3-c3ccccc3-4)c3ccccc3n21. The minimum Gasteiger partial charge on any atom is -0.284 e. The van der Waals surface area contributed by atoms with Gasteiger partial charge < -0.3 is 0 Å². The fraction of sp³-hybridized carbons (Fsp3) is 0.0411. The van der Waals surface area contributed by atoms with Crippen molar-refractivity contribution in [2.24, 2.45) is 4.99 Å². The Labute approximate surface area is 454 Å². The smallest absolute Gasteiger partial charge is 0.220 e. The van der Waals surface area contributed by atoms with Crippen molar-refractivity contribution in [3.63, 3.8) is 0 Å². The number of nitrogens with zero attached hydrogens (tertiary/aromatic N) is 4. The van der Waals surface area contributed by atoms with E-state index in [1.165, 1.54) is 104 Å². The van der Waals surface area contributed by atoms with Gasteiger partial charge in [-0.2, -0.15) is 0 Å². The molecule has 3 heterocycles. The number of allylic oxidation sites excluding steroid dienone is 1. The second-order valence-corrected chi connectivity index (χ2v) is 25.0. The molecule has 0 spiro atoms. The number of aliphatic imine (C=N–C) groups is 1. The summed E-state index contributed by atoms with van der Waals surface area (Å²) in [5, 5.41) is 5.34. The third-order valence-corrected chi connectivity index (χ3v) is 22.0. The summed E-state index contributed by atoms with van der Waals surface area (Å²) in [4.78, 5) is 10.5. The zero-order valence-corrected chi connectivity index (χ0v) is 43.9. The van der Waals surface area contributed by atoms with Gasteiger partial charge in [0.05, 0.1) is 28.1 Å². The second kappa shape index (κ2) is 17.4. The summed E-state index contributed by atoms with van der Waals surface area (Å²) in [6, 6.07) is 96.1. The first-order valence-corrected chi connectivity index (χ1v) is 29.1. The lowest BCUT2D eigenvalue weighted by atomic mass is 9.76. The molecule has 16 rings (SSSR count). The van der Waals surface area contributed by atoms with E-state index >= 15 is 0 Å². The summed E-state index contributed by atoms with van der Waals surface area (Å²) in [5.41, 5.74) is 23.9. The Hall–Kier alpha value is -9.68. The molecule has 2 atom stereocenters. The summed E-state index contributed by atoms with van der Waals surface area (Å²) in [5.74, 6) is 1.01. The van der Waals surface area contributed by atoms with E-state index in [2.05, 4.69) is 283 Å². The molecule has 13 aromatic rings. The van der Waals surface area contributed by atoms with E-state index in [1.54, 1.807) is 0 Å². The molecule has 0 amide bonds. The molecule has 1 aliphatic heterocycles. The Balaban J connectivity index is 0.945. The van der Waals surface area contributed by atoms with Gasteiger partial charge in [-0.25, -0.2) is 4.98 Å². The molecule has 0 saturated heterocycles. The maximum Gasteiger partial charge on any atom is 0.220 e. The van der Waals surface area contributed by atoms with Crippen LogP contribution in [0, 0.1) is 6.92 Å². The Kier molecular flexibility index (Phi) is 9.97. The Bertz CT molecular complexity index is 4610. The zero-order chi connectivity index (χ0) is 51.5. The van der Waals surface area contributed by atoms with Crippen molar-refractivity contribution in [1.29, 1.82) is 0 Å². The van der Waals surface area contributed by atoms with Crippen molar-refractivity contribution in [3.05, 3.63) is 284 Å². The fourth-order valence-electron chi connectivity index (χ4n) is 13.8. The van der Waals surface area contributed by atoms with Gasteiger partial charge in [-0.15, -0.1) is 0 Å². The van der Waals surface area contributed by atoms with Crippen LogP contribution in [0.25, 0.3) is 100 Å². The molecule has 366 valence electrons. The largest absolute Gasteiger partial charge is 0.284 e. The molecular formula is C73H50N4Si. The monoisotopic (exact) mass is 1010 g/mol. The van der Waals surface area contributed by atoms with E-state index < -0.39 is 8.07 Å². The number of hydrogen-bond donors (Lipinski definition) is 0. The first-order chi connectivity index (χ1) is 38.6. The number of rotatable bonds is 5. The Morgan fingerprint density at radius 2 is 0.846 bits per heavy atom. The molecular weight excluding hydrogens is 961 g/mol. The average molecular weight is 1010 g/mol. The highest BCUT2D eigenvalue weighted by molar-refractivity contribution is 7.20. The summed E-state index contributed by atoms with van der Waals surface area (Å²) >= 11 is 0. The topological polar surface area (TPSA) is 34.6 Å². The molecule has 2 aliphatic carbocycles. The van der Waals surface area contributed by atoms with Gasteiger partial charge in [-0.05, 0) is 148 Å². The van der Waals surface area contributed by atoms with Crippen molar-refractivity contribution in [1.82, 2.24) is 14.0 Å². The number of aryl methyl sites for hydroxylation is 1. The van der Waals surface area contributed by atoms with Gasteiger partial charge >= 0.3 is 0 Å². The number of fused-ring (bicyclic) bond motifs is 21. The van der Waals surface area contributed by atoms with E-state index in [1.807, 2.05) is 6.21 Å². The van der Waals surface area contributed by atoms with Gasteiger partial charge in [0.2, 0.25) is 5.78 Å². The van der Waals surface area contributed by atoms with Crippen molar-refractivity contribution >= 4 is 62.9 Å². The van der Waals surface area contributed by atoms with E-state index in [0.717, 1.165) is 33.5 Å². The summed E-state index contributed by atoms with van der Waals surface area (Å²) in [6.45, 7) is 2.15. The van der Waals surface area contributed by atoms with Crippen LogP contribution in [0.4, 0.5) is 0 Å². The molecule has 4 nitrogen and oxygen atoms in total. The molecule has 0 fully saturated rings. The third-order valence-electron chi connectivity index (χ3n) is 17.2. The maximum absolute atomic E-state index is 5.36. The first-order valence-electron chi connectivity index (χ1n) is 27.1. The lowest BCUT2D eigenvalue weighted by Crippen LogP contribution is -2.74. The van der Waals surface area contributed by atoms with Gasteiger partial charge in [0.25, 0.3) is 0 Å². The minimum absolute atomic E-state index is 0.00800. The van der Waals surface area contributed by atoms with Crippen LogP contribution >= 0.6 is 0 Å². The number of imidazole rings is 2. The van der Waals surface area contributed by atoms with Crippen LogP contribution in [0.1, 0.15) is 28.7 Å². The molecule has 78 heavy (non-hydrogen) atoms. The van der Waals surface area contributed by atoms with Crippen LogP contribution in [0.5, 0.6) is 0 Å². The zero-order valence-electron chi connectivity index (χ0n) is 42.9.